The number of nitrogens with one attached hydrogen (secondary N) is 1. The third-order valence-electron chi connectivity index (χ3n) is 2.87. The van der Waals surface area contributed by atoms with Gasteiger partial charge >= 0.3 is 0 Å². The minimum Gasteiger partial charge on any atom is -0.399 e. The second-order valence-electron chi connectivity index (χ2n) is 4.49. The number of hydrogen-bond acceptors (Lipinski definition) is 4. The van der Waals surface area contributed by atoms with Gasteiger partial charge in [-0.15, -0.1) is 0 Å². The van der Waals surface area contributed by atoms with Crippen LogP contribution in [0.4, 0.5) is 5.69 Å². The number of carbonyl (C=O) groups is 1. The van der Waals surface area contributed by atoms with E-state index in [1.165, 1.54) is 0 Å². The van der Waals surface area contributed by atoms with Gasteiger partial charge in [0.15, 0.2) is 0 Å². The summed E-state index contributed by atoms with van der Waals surface area (Å²) in [7, 11) is 0. The molecule has 0 unspecified atom stereocenters. The highest BCUT2D eigenvalue weighted by Gasteiger charge is 2.10. The molecule has 0 saturated carbocycles. The van der Waals surface area contributed by atoms with E-state index in [4.69, 9.17) is 5.73 Å². The predicted octanol–water partition coefficient (Wildman–Crippen LogP) is 1.06. The van der Waals surface area contributed by atoms with Crippen LogP contribution < -0.4 is 11.1 Å². The first-order valence-corrected chi connectivity index (χ1v) is 6.35. The maximum atomic E-state index is 11.8. The van der Waals surface area contributed by atoms with Gasteiger partial charge in [-0.05, 0) is 29.8 Å². The molecule has 104 valence electrons. The Morgan fingerprint density at radius 1 is 1.25 bits per heavy atom. The highest BCUT2D eigenvalue weighted by atomic mass is 16.3. The Labute approximate surface area is 117 Å². The van der Waals surface area contributed by atoms with E-state index in [-0.39, 0.29) is 18.9 Å². The van der Waals surface area contributed by atoms with Gasteiger partial charge in [0.2, 0.25) is 5.91 Å². The number of carbonyl (C=O) groups excluding carboxylic acids is 1. The normalized spacial score (nSPS) is 11.8. The number of nitrogen functional groups attached to an aromatic ring is 1. The second kappa shape index (κ2) is 6.68. The van der Waals surface area contributed by atoms with Gasteiger partial charge in [-0.2, -0.15) is 0 Å². The van der Waals surface area contributed by atoms with E-state index in [1.54, 1.807) is 36.5 Å². The maximum Gasteiger partial charge on any atom is 0.224 e. The Bertz CT molecular complexity index is 555. The van der Waals surface area contributed by atoms with Crippen molar-refractivity contribution in [2.75, 3.05) is 12.3 Å². The molecule has 4 N–H and O–H groups in total. The second-order valence-corrected chi connectivity index (χ2v) is 4.49. The molecule has 0 aliphatic heterocycles. The van der Waals surface area contributed by atoms with Crippen molar-refractivity contribution in [3.63, 3.8) is 0 Å². The van der Waals surface area contributed by atoms with Crippen LogP contribution in [0.5, 0.6) is 0 Å². The summed E-state index contributed by atoms with van der Waals surface area (Å²) in [6.45, 7) is 0.144. The topological polar surface area (TPSA) is 88.2 Å². The van der Waals surface area contributed by atoms with E-state index in [0.717, 1.165) is 5.56 Å². The molecule has 1 amide bonds. The zero-order chi connectivity index (χ0) is 14.4. The molecule has 1 atom stereocenters. The molecule has 0 aliphatic rings. The molecule has 5 heteroatoms. The van der Waals surface area contributed by atoms with Crippen molar-refractivity contribution in [1.29, 1.82) is 0 Å². The van der Waals surface area contributed by atoms with E-state index in [2.05, 4.69) is 10.3 Å². The lowest BCUT2D eigenvalue weighted by Crippen LogP contribution is -2.29. The van der Waals surface area contributed by atoms with Crippen LogP contribution in [0.25, 0.3) is 0 Å². The standard InChI is InChI=1S/C15H17N3O2/c16-12-6-4-11(5-7-12)9-15(20)18-10-14(19)13-3-1-2-8-17-13/h1-8,14,19H,9-10,16H2,(H,18,20)/t14-/m0/s1. The number of amides is 1. The maximum absolute atomic E-state index is 11.8. The lowest BCUT2D eigenvalue weighted by Gasteiger charge is -2.11. The smallest absolute Gasteiger partial charge is 0.224 e. The highest BCUT2D eigenvalue weighted by Crippen LogP contribution is 2.08. The van der Waals surface area contributed by atoms with Gasteiger partial charge in [0.05, 0.1) is 12.1 Å². The van der Waals surface area contributed by atoms with E-state index in [9.17, 15) is 9.90 Å². The SMILES string of the molecule is Nc1ccc(CC(=O)NC[C@H](O)c2ccccn2)cc1. The van der Waals surface area contributed by atoms with Crippen molar-refractivity contribution in [2.24, 2.45) is 0 Å². The average molecular weight is 271 g/mol. The summed E-state index contributed by atoms with van der Waals surface area (Å²) in [6.07, 6.45) is 1.07. The summed E-state index contributed by atoms with van der Waals surface area (Å²) in [5, 5.41) is 12.6. The molecule has 20 heavy (non-hydrogen) atoms. The minimum absolute atomic E-state index is 0.144. The number of nitrogens with zero attached hydrogens (tertiary/aromatic N) is 1. The monoisotopic (exact) mass is 271 g/mol. The van der Waals surface area contributed by atoms with Gasteiger partial charge < -0.3 is 16.2 Å². The third-order valence-corrected chi connectivity index (χ3v) is 2.87. The Morgan fingerprint density at radius 3 is 2.65 bits per heavy atom. The van der Waals surface area contributed by atoms with Crippen LogP contribution in [0.3, 0.4) is 0 Å². The Kier molecular flexibility index (Phi) is 4.68. The number of rotatable bonds is 5. The molecule has 2 rings (SSSR count). The fourth-order valence-electron chi connectivity index (χ4n) is 1.77. The van der Waals surface area contributed by atoms with Crippen molar-refractivity contribution < 1.29 is 9.90 Å². The number of aliphatic hydroxyl groups is 1. The first kappa shape index (κ1) is 14.0. The number of benzene rings is 1. The molecule has 0 spiro atoms. The lowest BCUT2D eigenvalue weighted by molar-refractivity contribution is -0.120. The zero-order valence-corrected chi connectivity index (χ0v) is 11.0. The third kappa shape index (κ3) is 4.07. The zero-order valence-electron chi connectivity index (χ0n) is 11.0. The molecule has 5 nitrogen and oxygen atoms in total. The Hall–Kier alpha value is -2.40. The number of nitrogens with two attached hydrogens (primary N) is 1. The lowest BCUT2D eigenvalue weighted by atomic mass is 10.1. The molecular weight excluding hydrogens is 254 g/mol. The molecule has 0 radical (unpaired) electrons. The van der Waals surface area contributed by atoms with Crippen LogP contribution in [-0.4, -0.2) is 22.5 Å². The van der Waals surface area contributed by atoms with E-state index in [1.807, 2.05) is 12.1 Å². The summed E-state index contributed by atoms with van der Waals surface area (Å²) >= 11 is 0. The van der Waals surface area contributed by atoms with Gasteiger partial charge in [0.25, 0.3) is 0 Å². The molecule has 0 saturated heterocycles. The van der Waals surface area contributed by atoms with Crippen molar-refractivity contribution in [2.45, 2.75) is 12.5 Å². The van der Waals surface area contributed by atoms with E-state index in [0.29, 0.717) is 11.4 Å². The molecule has 1 heterocycles. The highest BCUT2D eigenvalue weighted by molar-refractivity contribution is 5.78. The van der Waals surface area contributed by atoms with Crippen molar-refractivity contribution in [3.8, 4) is 0 Å². The van der Waals surface area contributed by atoms with E-state index >= 15 is 0 Å². The van der Waals surface area contributed by atoms with Crippen LogP contribution in [0.15, 0.2) is 48.7 Å². The van der Waals surface area contributed by atoms with Crippen molar-refractivity contribution in [1.82, 2.24) is 10.3 Å². The quantitative estimate of drug-likeness (QED) is 0.709. The van der Waals surface area contributed by atoms with Crippen LogP contribution in [0.2, 0.25) is 0 Å². The van der Waals surface area contributed by atoms with E-state index < -0.39 is 6.10 Å². The summed E-state index contributed by atoms with van der Waals surface area (Å²) < 4.78 is 0. The molecular formula is C15H17N3O2. The van der Waals surface area contributed by atoms with Gasteiger partial charge in [0, 0.05) is 18.4 Å². The summed E-state index contributed by atoms with van der Waals surface area (Å²) in [6, 6.07) is 12.4. The number of hydrogen-bond donors (Lipinski definition) is 3. The molecule has 0 bridgehead atoms. The van der Waals surface area contributed by atoms with Crippen LogP contribution in [0.1, 0.15) is 17.4 Å². The fraction of sp³-hybridized carbons (Fsp3) is 0.200. The minimum atomic E-state index is -0.799. The number of aliphatic hydroxyl groups excluding tert-OH is 1. The average Bonchev–Trinajstić information content (AvgIpc) is 2.48. The molecule has 1 aromatic heterocycles. The molecule has 0 aliphatic carbocycles. The van der Waals surface area contributed by atoms with Crippen LogP contribution in [0, 0.1) is 0 Å². The first-order valence-electron chi connectivity index (χ1n) is 6.35. The molecule has 0 fully saturated rings. The van der Waals surface area contributed by atoms with Gasteiger partial charge in [-0.3, -0.25) is 9.78 Å². The number of anilines is 1. The Morgan fingerprint density at radius 2 is 2.00 bits per heavy atom. The van der Waals surface area contributed by atoms with Crippen LogP contribution in [-0.2, 0) is 11.2 Å². The Balaban J connectivity index is 1.82. The van der Waals surface area contributed by atoms with Crippen molar-refractivity contribution >= 4 is 11.6 Å². The molecule has 2 aromatic rings. The van der Waals surface area contributed by atoms with Gasteiger partial charge in [-0.1, -0.05) is 18.2 Å². The van der Waals surface area contributed by atoms with Crippen LogP contribution >= 0.6 is 0 Å². The number of aromatic nitrogens is 1. The van der Waals surface area contributed by atoms with Gasteiger partial charge in [0.1, 0.15) is 6.10 Å². The summed E-state index contributed by atoms with van der Waals surface area (Å²) in [5.74, 6) is -0.148. The predicted molar refractivity (Wildman–Crippen MR) is 76.8 cm³/mol. The molecule has 1 aromatic carbocycles. The summed E-state index contributed by atoms with van der Waals surface area (Å²) in [4.78, 5) is 15.8. The van der Waals surface area contributed by atoms with Crippen molar-refractivity contribution in [3.05, 3.63) is 59.9 Å². The number of pyridine rings is 1. The summed E-state index contributed by atoms with van der Waals surface area (Å²) in [5.41, 5.74) is 7.67. The first-order chi connectivity index (χ1) is 9.65. The van der Waals surface area contributed by atoms with Gasteiger partial charge in [-0.25, -0.2) is 0 Å². The largest absolute Gasteiger partial charge is 0.399 e. The fourth-order valence-corrected chi connectivity index (χ4v) is 1.77.